The Morgan fingerprint density at radius 1 is 1.06 bits per heavy atom. The molecule has 0 aliphatic rings. The van der Waals surface area contributed by atoms with Crippen LogP contribution in [0.2, 0.25) is 5.02 Å². The summed E-state index contributed by atoms with van der Waals surface area (Å²) >= 11 is 9.78. The van der Waals surface area contributed by atoms with E-state index in [0.29, 0.717) is 10.6 Å². The van der Waals surface area contributed by atoms with E-state index in [9.17, 15) is 4.79 Å². The summed E-state index contributed by atoms with van der Waals surface area (Å²) in [4.78, 5) is 11.4. The predicted molar refractivity (Wildman–Crippen MR) is 70.2 cm³/mol. The molecular weight excluding hydrogens is 240 g/mol. The maximum Gasteiger partial charge on any atom is 0.216 e. The van der Waals surface area contributed by atoms with Gasteiger partial charge in [0.2, 0.25) is 5.12 Å². The highest BCUT2D eigenvalue weighted by Gasteiger charge is 2.08. The predicted octanol–water partition coefficient (Wildman–Crippen LogP) is 4.08. The Bertz CT molecular complexity index is 537. The zero-order chi connectivity index (χ0) is 11.5. The van der Waals surface area contributed by atoms with Crippen molar-refractivity contribution in [2.45, 2.75) is 0 Å². The molecule has 0 aromatic heterocycles. The van der Waals surface area contributed by atoms with Crippen molar-refractivity contribution in [3.05, 3.63) is 59.1 Å². The SMILES string of the molecule is O=C(S)c1ccccc1-c1cccc(Cl)c1. The molecule has 0 radical (unpaired) electrons. The van der Waals surface area contributed by atoms with Gasteiger partial charge in [-0.1, -0.05) is 41.9 Å². The summed E-state index contributed by atoms with van der Waals surface area (Å²) in [5.74, 6) is 0. The molecule has 0 saturated heterocycles. The third-order valence-corrected chi connectivity index (χ3v) is 2.77. The minimum Gasteiger partial charge on any atom is -0.282 e. The van der Waals surface area contributed by atoms with Crippen molar-refractivity contribution >= 4 is 29.3 Å². The molecule has 2 rings (SSSR count). The van der Waals surface area contributed by atoms with Gasteiger partial charge in [-0.05, 0) is 29.3 Å². The fraction of sp³-hybridized carbons (Fsp3) is 0. The van der Waals surface area contributed by atoms with Crippen LogP contribution in [0.25, 0.3) is 11.1 Å². The maximum absolute atomic E-state index is 11.4. The quantitative estimate of drug-likeness (QED) is 0.793. The van der Waals surface area contributed by atoms with E-state index >= 15 is 0 Å². The second kappa shape index (κ2) is 4.73. The fourth-order valence-corrected chi connectivity index (χ4v) is 1.96. The molecule has 0 atom stereocenters. The monoisotopic (exact) mass is 248 g/mol. The summed E-state index contributed by atoms with van der Waals surface area (Å²) in [6.07, 6.45) is 0. The zero-order valence-corrected chi connectivity index (χ0v) is 10.0. The number of thiol groups is 1. The average Bonchev–Trinajstić information content (AvgIpc) is 2.29. The van der Waals surface area contributed by atoms with Gasteiger partial charge in [-0.3, -0.25) is 4.79 Å². The van der Waals surface area contributed by atoms with E-state index in [0.717, 1.165) is 11.1 Å². The second-order valence-corrected chi connectivity index (χ2v) is 4.20. The van der Waals surface area contributed by atoms with Crippen molar-refractivity contribution in [2.75, 3.05) is 0 Å². The molecule has 0 aliphatic carbocycles. The number of hydrogen-bond donors (Lipinski definition) is 1. The molecule has 3 heteroatoms. The first-order chi connectivity index (χ1) is 7.68. The molecule has 2 aromatic rings. The lowest BCUT2D eigenvalue weighted by molar-refractivity contribution is 0.109. The summed E-state index contributed by atoms with van der Waals surface area (Å²) in [6.45, 7) is 0. The highest BCUT2D eigenvalue weighted by atomic mass is 35.5. The first-order valence-electron chi connectivity index (χ1n) is 4.77. The van der Waals surface area contributed by atoms with Crippen LogP contribution in [-0.2, 0) is 0 Å². The van der Waals surface area contributed by atoms with Crippen molar-refractivity contribution < 1.29 is 4.79 Å². The van der Waals surface area contributed by atoms with Crippen LogP contribution in [0.15, 0.2) is 48.5 Å². The first kappa shape index (κ1) is 11.2. The molecule has 0 bridgehead atoms. The maximum atomic E-state index is 11.4. The van der Waals surface area contributed by atoms with Crippen molar-refractivity contribution in [3.8, 4) is 11.1 Å². The zero-order valence-electron chi connectivity index (χ0n) is 8.35. The lowest BCUT2D eigenvalue weighted by Crippen LogP contribution is -1.92. The summed E-state index contributed by atoms with van der Waals surface area (Å²) < 4.78 is 0. The Balaban J connectivity index is 2.60. The van der Waals surface area contributed by atoms with E-state index in [4.69, 9.17) is 11.6 Å². The molecule has 0 unspecified atom stereocenters. The Labute approximate surface area is 104 Å². The fourth-order valence-electron chi connectivity index (χ4n) is 1.58. The van der Waals surface area contributed by atoms with Crippen molar-refractivity contribution in [1.82, 2.24) is 0 Å². The topological polar surface area (TPSA) is 17.1 Å². The van der Waals surface area contributed by atoms with Crippen LogP contribution in [-0.4, -0.2) is 5.12 Å². The van der Waals surface area contributed by atoms with Gasteiger partial charge in [0.05, 0.1) is 0 Å². The van der Waals surface area contributed by atoms with Gasteiger partial charge in [-0.15, -0.1) is 12.6 Å². The lowest BCUT2D eigenvalue weighted by Gasteiger charge is -2.06. The van der Waals surface area contributed by atoms with Crippen LogP contribution in [0, 0.1) is 0 Å². The Morgan fingerprint density at radius 2 is 1.81 bits per heavy atom. The summed E-state index contributed by atoms with van der Waals surface area (Å²) in [7, 11) is 0. The molecule has 80 valence electrons. The van der Waals surface area contributed by atoms with Crippen molar-refractivity contribution in [3.63, 3.8) is 0 Å². The molecule has 0 heterocycles. The van der Waals surface area contributed by atoms with Crippen LogP contribution >= 0.6 is 24.2 Å². The van der Waals surface area contributed by atoms with Gasteiger partial charge in [0.25, 0.3) is 0 Å². The summed E-state index contributed by atoms with van der Waals surface area (Å²) in [5.41, 5.74) is 2.36. The van der Waals surface area contributed by atoms with Crippen LogP contribution < -0.4 is 0 Å². The molecule has 16 heavy (non-hydrogen) atoms. The largest absolute Gasteiger partial charge is 0.282 e. The van der Waals surface area contributed by atoms with Gasteiger partial charge >= 0.3 is 0 Å². The molecule has 0 fully saturated rings. The molecule has 1 nitrogen and oxygen atoms in total. The van der Waals surface area contributed by atoms with Crippen LogP contribution in [0.4, 0.5) is 0 Å². The second-order valence-electron chi connectivity index (χ2n) is 3.36. The van der Waals surface area contributed by atoms with Crippen molar-refractivity contribution in [1.29, 1.82) is 0 Å². The minimum absolute atomic E-state index is 0.240. The van der Waals surface area contributed by atoms with E-state index in [-0.39, 0.29) is 5.12 Å². The first-order valence-corrected chi connectivity index (χ1v) is 5.59. The number of hydrogen-bond acceptors (Lipinski definition) is 1. The van der Waals surface area contributed by atoms with Crippen LogP contribution in [0.5, 0.6) is 0 Å². The Morgan fingerprint density at radius 3 is 2.50 bits per heavy atom. The third-order valence-electron chi connectivity index (χ3n) is 2.29. The number of carbonyl (C=O) groups is 1. The van der Waals surface area contributed by atoms with Crippen LogP contribution in [0.1, 0.15) is 10.4 Å². The molecule has 0 amide bonds. The van der Waals surface area contributed by atoms with Crippen molar-refractivity contribution in [2.24, 2.45) is 0 Å². The third kappa shape index (κ3) is 2.29. The summed E-state index contributed by atoms with van der Waals surface area (Å²) in [6, 6.07) is 14.8. The van der Waals surface area contributed by atoms with E-state index in [1.165, 1.54) is 0 Å². The molecule has 0 spiro atoms. The lowest BCUT2D eigenvalue weighted by atomic mass is 10.0. The molecule has 0 saturated carbocycles. The van der Waals surface area contributed by atoms with Gasteiger partial charge in [-0.2, -0.15) is 0 Å². The molecular formula is C13H9ClOS. The Hall–Kier alpha value is -1.25. The van der Waals surface area contributed by atoms with Crippen LogP contribution in [0.3, 0.4) is 0 Å². The van der Waals surface area contributed by atoms with Gasteiger partial charge in [0.15, 0.2) is 0 Å². The van der Waals surface area contributed by atoms with E-state index in [1.54, 1.807) is 12.1 Å². The standard InChI is InChI=1S/C13H9ClOS/c14-10-5-3-4-9(8-10)11-6-1-2-7-12(11)13(15)16/h1-8H,(H,15,16). The summed E-state index contributed by atoms with van der Waals surface area (Å²) in [5, 5.41) is 0.412. The highest BCUT2D eigenvalue weighted by molar-refractivity contribution is 7.97. The number of rotatable bonds is 2. The van der Waals surface area contributed by atoms with Gasteiger partial charge in [0, 0.05) is 10.6 Å². The molecule has 2 aromatic carbocycles. The van der Waals surface area contributed by atoms with E-state index in [2.05, 4.69) is 12.6 Å². The normalized spacial score (nSPS) is 10.1. The number of carbonyl (C=O) groups excluding carboxylic acids is 1. The van der Waals surface area contributed by atoms with E-state index in [1.807, 2.05) is 36.4 Å². The Kier molecular flexibility index (Phi) is 3.32. The number of benzene rings is 2. The highest BCUT2D eigenvalue weighted by Crippen LogP contribution is 2.26. The van der Waals surface area contributed by atoms with Gasteiger partial charge in [-0.25, -0.2) is 0 Å². The smallest absolute Gasteiger partial charge is 0.216 e. The van der Waals surface area contributed by atoms with E-state index < -0.39 is 0 Å². The average molecular weight is 249 g/mol. The van der Waals surface area contributed by atoms with Gasteiger partial charge in [0.1, 0.15) is 0 Å². The number of halogens is 1. The molecule has 0 N–H and O–H groups in total. The van der Waals surface area contributed by atoms with Gasteiger partial charge < -0.3 is 0 Å². The molecule has 0 aliphatic heterocycles. The minimum atomic E-state index is -0.240.